The highest BCUT2D eigenvalue weighted by Crippen LogP contribution is 2.40. The number of rotatable bonds is 3. The van der Waals surface area contributed by atoms with Gasteiger partial charge in [0.05, 0.1) is 34.2 Å². The highest BCUT2D eigenvalue weighted by Gasteiger charge is 2.41. The zero-order valence-electron chi connectivity index (χ0n) is 16.3. The van der Waals surface area contributed by atoms with Gasteiger partial charge in [0.25, 0.3) is 0 Å². The minimum Gasteiger partial charge on any atom is -0.368 e. The molecule has 0 radical (unpaired) electrons. The number of hydrogen-bond acceptors (Lipinski definition) is 7. The van der Waals surface area contributed by atoms with Crippen LogP contribution < -0.4 is 4.90 Å². The Kier molecular flexibility index (Phi) is 4.17. The molecule has 30 heavy (non-hydrogen) atoms. The molecular formula is C20H18FN9. The van der Waals surface area contributed by atoms with Crippen molar-refractivity contribution in [3.63, 3.8) is 0 Å². The second-order valence-corrected chi connectivity index (χ2v) is 7.34. The summed E-state index contributed by atoms with van der Waals surface area (Å²) < 4.78 is 18.7. The van der Waals surface area contributed by atoms with Crippen molar-refractivity contribution in [2.24, 2.45) is 7.05 Å². The molecule has 9 nitrogen and oxygen atoms in total. The molecule has 5 heterocycles. The summed E-state index contributed by atoms with van der Waals surface area (Å²) in [6.07, 6.45) is 6.96. The largest absolute Gasteiger partial charge is 0.368 e. The Bertz CT molecular complexity index is 1260. The van der Waals surface area contributed by atoms with Crippen LogP contribution in [0.15, 0.2) is 43.1 Å². The zero-order chi connectivity index (χ0) is 20.7. The van der Waals surface area contributed by atoms with Gasteiger partial charge in [-0.25, -0.2) is 4.39 Å². The molecule has 0 saturated carbocycles. The first-order valence-corrected chi connectivity index (χ1v) is 9.57. The summed E-state index contributed by atoms with van der Waals surface area (Å²) in [6, 6.07) is 7.67. The first-order valence-electron chi connectivity index (χ1n) is 9.57. The Hall–Kier alpha value is -3.87. The SMILES string of the molecule is Cn1cnnc1C1(F)CCN(c2c(C#N)ccnc2-c2cnn3ncccc23)CC1. The van der Waals surface area contributed by atoms with E-state index < -0.39 is 5.67 Å². The molecule has 1 aliphatic heterocycles. The average Bonchev–Trinajstić information content (AvgIpc) is 3.40. The van der Waals surface area contributed by atoms with E-state index in [1.807, 2.05) is 17.0 Å². The summed E-state index contributed by atoms with van der Waals surface area (Å²) in [4.78, 5) is 6.58. The van der Waals surface area contributed by atoms with Crippen molar-refractivity contribution < 1.29 is 4.39 Å². The summed E-state index contributed by atoms with van der Waals surface area (Å²) in [5.41, 5.74) is 1.84. The van der Waals surface area contributed by atoms with Gasteiger partial charge in [-0.3, -0.25) is 4.98 Å². The van der Waals surface area contributed by atoms with Gasteiger partial charge >= 0.3 is 0 Å². The molecule has 0 unspecified atom stereocenters. The highest BCUT2D eigenvalue weighted by molar-refractivity contribution is 5.87. The number of aromatic nitrogens is 7. The minimum atomic E-state index is -1.55. The summed E-state index contributed by atoms with van der Waals surface area (Å²) in [5.74, 6) is 0.336. The fraction of sp³-hybridized carbons (Fsp3) is 0.300. The predicted octanol–water partition coefficient (Wildman–Crippen LogP) is 2.26. The van der Waals surface area contributed by atoms with Crippen molar-refractivity contribution in [1.82, 2.24) is 34.6 Å². The molecule has 5 rings (SSSR count). The lowest BCUT2D eigenvalue weighted by molar-refractivity contribution is 0.109. The van der Waals surface area contributed by atoms with Crippen LogP contribution in [-0.4, -0.2) is 47.7 Å². The third-order valence-electron chi connectivity index (χ3n) is 5.59. The van der Waals surface area contributed by atoms with Gasteiger partial charge in [-0.15, -0.1) is 10.2 Å². The molecule has 0 bridgehead atoms. The summed E-state index contributed by atoms with van der Waals surface area (Å²) in [7, 11) is 1.75. The van der Waals surface area contributed by atoms with Gasteiger partial charge in [0.1, 0.15) is 12.4 Å². The Morgan fingerprint density at radius 3 is 2.73 bits per heavy atom. The maximum atomic E-state index is 15.6. The van der Waals surface area contributed by atoms with Crippen molar-refractivity contribution in [1.29, 1.82) is 5.26 Å². The lowest BCUT2D eigenvalue weighted by Crippen LogP contribution is -2.42. The first kappa shape index (κ1) is 18.2. The Labute approximate surface area is 171 Å². The molecule has 4 aromatic rings. The molecule has 4 aromatic heterocycles. The van der Waals surface area contributed by atoms with Crippen LogP contribution in [-0.2, 0) is 12.7 Å². The van der Waals surface area contributed by atoms with Crippen LogP contribution in [0, 0.1) is 11.3 Å². The molecule has 1 fully saturated rings. The van der Waals surface area contributed by atoms with Gasteiger partial charge in [0, 0.05) is 45.4 Å². The van der Waals surface area contributed by atoms with E-state index in [4.69, 9.17) is 0 Å². The molecular weight excluding hydrogens is 385 g/mol. The van der Waals surface area contributed by atoms with E-state index in [0.29, 0.717) is 35.9 Å². The number of fused-ring (bicyclic) bond motifs is 1. The van der Waals surface area contributed by atoms with Gasteiger partial charge in [0.15, 0.2) is 11.5 Å². The summed E-state index contributed by atoms with van der Waals surface area (Å²) >= 11 is 0. The van der Waals surface area contributed by atoms with E-state index in [0.717, 1.165) is 11.1 Å². The number of halogens is 1. The molecule has 1 aliphatic rings. The van der Waals surface area contributed by atoms with Crippen molar-refractivity contribution in [2.75, 3.05) is 18.0 Å². The third kappa shape index (κ3) is 2.78. The highest BCUT2D eigenvalue weighted by atomic mass is 19.1. The van der Waals surface area contributed by atoms with Gasteiger partial charge < -0.3 is 9.47 Å². The van der Waals surface area contributed by atoms with E-state index >= 15 is 4.39 Å². The van der Waals surface area contributed by atoms with Crippen LogP contribution in [0.5, 0.6) is 0 Å². The van der Waals surface area contributed by atoms with E-state index in [2.05, 4.69) is 31.4 Å². The maximum Gasteiger partial charge on any atom is 0.173 e. The van der Waals surface area contributed by atoms with E-state index in [1.165, 1.54) is 11.0 Å². The molecule has 1 saturated heterocycles. The topological polar surface area (TPSA) is 101 Å². The van der Waals surface area contributed by atoms with Crippen molar-refractivity contribution >= 4 is 11.2 Å². The monoisotopic (exact) mass is 403 g/mol. The van der Waals surface area contributed by atoms with Crippen LogP contribution >= 0.6 is 0 Å². The van der Waals surface area contributed by atoms with Gasteiger partial charge in [0.2, 0.25) is 0 Å². The Balaban J connectivity index is 1.54. The number of alkyl halides is 1. The average molecular weight is 403 g/mol. The summed E-state index contributed by atoms with van der Waals surface area (Å²) in [6.45, 7) is 0.850. The van der Waals surface area contributed by atoms with Crippen LogP contribution in [0.1, 0.15) is 24.2 Å². The lowest BCUT2D eigenvalue weighted by Gasteiger charge is -2.37. The van der Waals surface area contributed by atoms with Crippen LogP contribution in [0.25, 0.3) is 16.8 Å². The fourth-order valence-electron chi connectivity index (χ4n) is 4.07. The lowest BCUT2D eigenvalue weighted by atomic mass is 9.91. The minimum absolute atomic E-state index is 0.245. The number of nitriles is 1. The van der Waals surface area contributed by atoms with E-state index in [-0.39, 0.29) is 12.8 Å². The van der Waals surface area contributed by atoms with Gasteiger partial charge in [-0.1, -0.05) is 0 Å². The number of pyridine rings is 1. The van der Waals surface area contributed by atoms with Crippen molar-refractivity contribution in [3.05, 3.63) is 54.5 Å². The van der Waals surface area contributed by atoms with Crippen LogP contribution in [0.3, 0.4) is 0 Å². The number of nitrogens with zero attached hydrogens (tertiary/aromatic N) is 9. The Morgan fingerprint density at radius 2 is 2.00 bits per heavy atom. The molecule has 0 atom stereocenters. The fourth-order valence-corrected chi connectivity index (χ4v) is 4.07. The number of aryl methyl sites for hydroxylation is 1. The normalized spacial score (nSPS) is 16.0. The molecule has 0 amide bonds. The quantitative estimate of drug-likeness (QED) is 0.517. The second-order valence-electron chi connectivity index (χ2n) is 7.34. The van der Waals surface area contributed by atoms with Crippen molar-refractivity contribution in [3.8, 4) is 17.3 Å². The second kappa shape index (κ2) is 6.88. The molecule has 0 aromatic carbocycles. The molecule has 150 valence electrons. The summed E-state index contributed by atoms with van der Waals surface area (Å²) in [5, 5.41) is 26.0. The van der Waals surface area contributed by atoms with Gasteiger partial charge in [-0.2, -0.15) is 20.1 Å². The number of piperidine rings is 1. The number of hydrogen-bond donors (Lipinski definition) is 0. The molecule has 0 aliphatic carbocycles. The zero-order valence-corrected chi connectivity index (χ0v) is 16.3. The Morgan fingerprint density at radius 1 is 1.17 bits per heavy atom. The van der Waals surface area contributed by atoms with E-state index in [9.17, 15) is 5.26 Å². The maximum absolute atomic E-state index is 15.6. The van der Waals surface area contributed by atoms with Crippen LogP contribution in [0.2, 0.25) is 0 Å². The third-order valence-corrected chi connectivity index (χ3v) is 5.59. The predicted molar refractivity (Wildman–Crippen MR) is 106 cm³/mol. The van der Waals surface area contributed by atoms with E-state index in [1.54, 1.807) is 36.3 Å². The standard InChI is InChI=1S/C20H18FN9/c1-28-13-24-27-19(28)20(21)5-9-29(10-6-20)18-14(11-22)4-8-23-17(18)15-12-26-30-16(15)3-2-7-25-30/h2-4,7-8,12-13H,5-6,9-10H2,1H3. The molecule has 0 N–H and O–H groups in total. The molecule has 10 heteroatoms. The first-order chi connectivity index (χ1) is 14.6. The number of anilines is 1. The van der Waals surface area contributed by atoms with Gasteiger partial charge in [-0.05, 0) is 18.2 Å². The smallest absolute Gasteiger partial charge is 0.173 e. The molecule has 0 spiro atoms. The van der Waals surface area contributed by atoms with Crippen molar-refractivity contribution in [2.45, 2.75) is 18.5 Å². The van der Waals surface area contributed by atoms with Crippen LogP contribution in [0.4, 0.5) is 10.1 Å².